The second kappa shape index (κ2) is 4.28. The number of nitrogens with one attached hydrogen (secondary N) is 1. The highest BCUT2D eigenvalue weighted by Gasteiger charge is 2.64. The number of ether oxygens (including phenoxy) is 2. The SMILES string of the molecule is CC[C@]12O[C@@H](n3cc(C)c(=O)[nH]c3=O)[C@H](O[C@H]1C)[C@@H]2O. The zero-order valence-corrected chi connectivity index (χ0v) is 11.6. The van der Waals surface area contributed by atoms with E-state index in [-0.39, 0.29) is 6.10 Å². The molecule has 110 valence electrons. The molecule has 2 aliphatic heterocycles. The molecule has 2 bridgehead atoms. The van der Waals surface area contributed by atoms with Crippen LogP contribution < -0.4 is 11.2 Å². The highest BCUT2D eigenvalue weighted by molar-refractivity contribution is 5.11. The van der Waals surface area contributed by atoms with Crippen molar-refractivity contribution < 1.29 is 14.6 Å². The number of fused-ring (bicyclic) bond motifs is 2. The van der Waals surface area contributed by atoms with E-state index in [2.05, 4.69) is 4.98 Å². The highest BCUT2D eigenvalue weighted by atomic mass is 16.7. The fourth-order valence-electron chi connectivity index (χ4n) is 3.19. The van der Waals surface area contributed by atoms with Gasteiger partial charge in [0.15, 0.2) is 6.23 Å². The molecule has 1 aromatic rings. The van der Waals surface area contributed by atoms with Gasteiger partial charge in [-0.25, -0.2) is 4.79 Å². The van der Waals surface area contributed by atoms with Crippen molar-refractivity contribution in [2.75, 3.05) is 0 Å². The summed E-state index contributed by atoms with van der Waals surface area (Å²) in [6.07, 6.45) is -0.317. The maximum absolute atomic E-state index is 11.9. The van der Waals surface area contributed by atoms with Crippen LogP contribution in [0.15, 0.2) is 15.8 Å². The van der Waals surface area contributed by atoms with Gasteiger partial charge in [0.25, 0.3) is 5.56 Å². The maximum Gasteiger partial charge on any atom is 0.330 e. The molecule has 0 radical (unpaired) electrons. The van der Waals surface area contributed by atoms with E-state index in [0.717, 1.165) is 0 Å². The lowest BCUT2D eigenvalue weighted by molar-refractivity contribution is -0.208. The van der Waals surface area contributed by atoms with E-state index in [1.807, 2.05) is 13.8 Å². The summed E-state index contributed by atoms with van der Waals surface area (Å²) in [5.74, 6) is 0. The first-order chi connectivity index (χ1) is 9.40. The number of rotatable bonds is 2. The van der Waals surface area contributed by atoms with Gasteiger partial charge in [-0.3, -0.25) is 14.3 Å². The third-order valence-corrected chi connectivity index (χ3v) is 4.46. The van der Waals surface area contributed by atoms with Gasteiger partial charge in [0.05, 0.1) is 6.10 Å². The average molecular weight is 282 g/mol. The van der Waals surface area contributed by atoms with Gasteiger partial charge in [-0.05, 0) is 20.3 Å². The van der Waals surface area contributed by atoms with Crippen LogP contribution in [0.2, 0.25) is 0 Å². The lowest BCUT2D eigenvalue weighted by Crippen LogP contribution is -2.46. The van der Waals surface area contributed by atoms with Crippen LogP contribution in [0.3, 0.4) is 0 Å². The molecule has 2 fully saturated rings. The van der Waals surface area contributed by atoms with Gasteiger partial charge < -0.3 is 14.6 Å². The molecule has 3 rings (SSSR count). The molecule has 5 atom stereocenters. The number of nitrogens with zero attached hydrogens (tertiary/aromatic N) is 1. The maximum atomic E-state index is 11.9. The molecule has 7 nitrogen and oxygen atoms in total. The Kier molecular flexibility index (Phi) is 2.89. The quantitative estimate of drug-likeness (QED) is 0.775. The summed E-state index contributed by atoms with van der Waals surface area (Å²) in [4.78, 5) is 25.6. The minimum Gasteiger partial charge on any atom is -0.387 e. The van der Waals surface area contributed by atoms with Gasteiger partial charge in [0.1, 0.15) is 17.8 Å². The van der Waals surface area contributed by atoms with E-state index in [0.29, 0.717) is 12.0 Å². The molecule has 2 aliphatic rings. The monoisotopic (exact) mass is 282 g/mol. The van der Waals surface area contributed by atoms with Crippen LogP contribution in [0.25, 0.3) is 0 Å². The second-order valence-electron chi connectivity index (χ2n) is 5.48. The Morgan fingerprint density at radius 3 is 2.80 bits per heavy atom. The van der Waals surface area contributed by atoms with Crippen molar-refractivity contribution >= 4 is 0 Å². The number of aromatic nitrogens is 2. The topological polar surface area (TPSA) is 93.6 Å². The van der Waals surface area contributed by atoms with Crippen LogP contribution in [0.4, 0.5) is 0 Å². The van der Waals surface area contributed by atoms with Crippen LogP contribution in [0.1, 0.15) is 32.1 Å². The normalized spacial score (nSPS) is 39.4. The Morgan fingerprint density at radius 2 is 2.20 bits per heavy atom. The van der Waals surface area contributed by atoms with Gasteiger partial charge in [-0.1, -0.05) is 6.92 Å². The molecule has 0 aromatic carbocycles. The van der Waals surface area contributed by atoms with Crippen molar-refractivity contribution in [1.82, 2.24) is 9.55 Å². The largest absolute Gasteiger partial charge is 0.387 e. The first kappa shape index (κ1) is 13.5. The van der Waals surface area contributed by atoms with E-state index in [1.54, 1.807) is 6.92 Å². The molecular weight excluding hydrogens is 264 g/mol. The number of aliphatic hydroxyl groups excluding tert-OH is 1. The van der Waals surface area contributed by atoms with Gasteiger partial charge >= 0.3 is 5.69 Å². The minimum atomic E-state index is -0.793. The summed E-state index contributed by atoms with van der Waals surface area (Å²) < 4.78 is 13.0. The van der Waals surface area contributed by atoms with Crippen LogP contribution in [-0.4, -0.2) is 38.6 Å². The number of aliphatic hydroxyl groups is 1. The number of aryl methyl sites for hydroxylation is 1. The number of H-pyrrole nitrogens is 1. The molecular formula is C13H18N2O5. The van der Waals surface area contributed by atoms with Gasteiger partial charge in [0, 0.05) is 11.8 Å². The smallest absolute Gasteiger partial charge is 0.330 e. The van der Waals surface area contributed by atoms with Crippen LogP contribution in [0.5, 0.6) is 0 Å². The Balaban J connectivity index is 2.05. The van der Waals surface area contributed by atoms with Crippen LogP contribution in [0, 0.1) is 6.92 Å². The Bertz CT molecular complexity index is 651. The predicted molar refractivity (Wildman–Crippen MR) is 69.5 cm³/mol. The third kappa shape index (κ3) is 1.57. The van der Waals surface area contributed by atoms with Gasteiger partial charge in [-0.15, -0.1) is 0 Å². The number of hydrogen-bond donors (Lipinski definition) is 2. The molecule has 0 aliphatic carbocycles. The Morgan fingerprint density at radius 1 is 1.50 bits per heavy atom. The fraction of sp³-hybridized carbons (Fsp3) is 0.692. The molecule has 0 unspecified atom stereocenters. The molecule has 7 heteroatoms. The third-order valence-electron chi connectivity index (χ3n) is 4.46. The summed E-state index contributed by atoms with van der Waals surface area (Å²) >= 11 is 0. The summed E-state index contributed by atoms with van der Waals surface area (Å²) in [6.45, 7) is 5.37. The Labute approximate surface area is 115 Å². The minimum absolute atomic E-state index is 0.233. The van der Waals surface area contributed by atoms with E-state index in [4.69, 9.17) is 9.47 Å². The number of aromatic amines is 1. The molecule has 2 N–H and O–H groups in total. The average Bonchev–Trinajstić information content (AvgIpc) is 2.81. The second-order valence-corrected chi connectivity index (χ2v) is 5.48. The van der Waals surface area contributed by atoms with Gasteiger partial charge in [-0.2, -0.15) is 0 Å². The Hall–Kier alpha value is -1.44. The van der Waals surface area contributed by atoms with Crippen molar-refractivity contribution in [3.05, 3.63) is 32.6 Å². The summed E-state index contributed by atoms with van der Waals surface area (Å²) in [7, 11) is 0. The zero-order valence-electron chi connectivity index (χ0n) is 11.6. The van der Waals surface area contributed by atoms with Crippen molar-refractivity contribution in [2.24, 2.45) is 0 Å². The van der Waals surface area contributed by atoms with E-state index in [9.17, 15) is 14.7 Å². The molecule has 0 saturated carbocycles. The molecule has 3 heterocycles. The van der Waals surface area contributed by atoms with E-state index >= 15 is 0 Å². The molecule has 2 saturated heterocycles. The molecule has 20 heavy (non-hydrogen) atoms. The van der Waals surface area contributed by atoms with Crippen molar-refractivity contribution in [3.63, 3.8) is 0 Å². The summed E-state index contributed by atoms with van der Waals surface area (Å²) in [5, 5.41) is 10.4. The lowest BCUT2D eigenvalue weighted by Gasteiger charge is -2.35. The molecule has 1 aromatic heterocycles. The standard InChI is InChI=1S/C13H18N2O5/c1-4-13-7(3)19-8(9(13)16)11(20-13)15-5-6(2)10(17)14-12(15)18/h5,7-9,11,16H,4H2,1-3H3,(H,14,17,18)/t7-,8+,9-,11+,13-/m0/s1. The van der Waals surface area contributed by atoms with E-state index < -0.39 is 35.3 Å². The lowest BCUT2D eigenvalue weighted by atomic mass is 9.91. The van der Waals surface area contributed by atoms with E-state index in [1.165, 1.54) is 10.8 Å². The highest BCUT2D eigenvalue weighted by Crippen LogP contribution is 2.49. The van der Waals surface area contributed by atoms with Crippen molar-refractivity contribution in [2.45, 2.75) is 57.3 Å². The summed E-state index contributed by atoms with van der Waals surface area (Å²) in [5.41, 5.74) is -1.37. The predicted octanol–water partition coefficient (Wildman–Crippen LogP) is -0.329. The first-order valence-corrected chi connectivity index (χ1v) is 6.74. The van der Waals surface area contributed by atoms with Gasteiger partial charge in [0.2, 0.25) is 0 Å². The first-order valence-electron chi connectivity index (χ1n) is 6.74. The molecule has 0 amide bonds. The molecule has 0 spiro atoms. The fourth-order valence-corrected chi connectivity index (χ4v) is 3.19. The van der Waals surface area contributed by atoms with Crippen LogP contribution >= 0.6 is 0 Å². The number of hydrogen-bond acceptors (Lipinski definition) is 5. The zero-order chi connectivity index (χ0) is 14.7. The van der Waals surface area contributed by atoms with Crippen molar-refractivity contribution in [1.29, 1.82) is 0 Å². The summed E-state index contributed by atoms with van der Waals surface area (Å²) in [6, 6.07) is 0. The van der Waals surface area contributed by atoms with Crippen LogP contribution in [-0.2, 0) is 9.47 Å². The van der Waals surface area contributed by atoms with Crippen molar-refractivity contribution in [3.8, 4) is 0 Å².